The van der Waals surface area contributed by atoms with Gasteiger partial charge in [-0.1, -0.05) is 6.92 Å². The first-order chi connectivity index (χ1) is 7.15. The van der Waals surface area contributed by atoms with Crippen molar-refractivity contribution in [3.05, 3.63) is 0 Å². The average molecular weight is 213 g/mol. The van der Waals surface area contributed by atoms with Crippen molar-refractivity contribution < 1.29 is 9.59 Å². The number of rotatable bonds is 2. The molecule has 5 nitrogen and oxygen atoms in total. The van der Waals surface area contributed by atoms with Crippen LogP contribution in [0, 0.1) is 5.92 Å². The molecule has 15 heavy (non-hydrogen) atoms. The minimum atomic E-state index is -0.533. The van der Waals surface area contributed by atoms with Crippen LogP contribution in [0.1, 0.15) is 19.8 Å². The van der Waals surface area contributed by atoms with Crippen molar-refractivity contribution in [3.63, 3.8) is 0 Å². The lowest BCUT2D eigenvalue weighted by Gasteiger charge is -2.30. The highest BCUT2D eigenvalue weighted by Crippen LogP contribution is 2.15. The predicted molar refractivity (Wildman–Crippen MR) is 57.0 cm³/mol. The summed E-state index contributed by atoms with van der Waals surface area (Å²) in [4.78, 5) is 24.6. The fourth-order valence-corrected chi connectivity index (χ4v) is 1.78. The third kappa shape index (κ3) is 3.51. The van der Waals surface area contributed by atoms with Crippen LogP contribution in [0.4, 0.5) is 0 Å². The van der Waals surface area contributed by atoms with Crippen LogP contribution in [0.2, 0.25) is 0 Å². The van der Waals surface area contributed by atoms with E-state index >= 15 is 0 Å². The molecule has 0 saturated carbocycles. The summed E-state index contributed by atoms with van der Waals surface area (Å²) in [7, 11) is 0. The van der Waals surface area contributed by atoms with Crippen molar-refractivity contribution in [2.24, 2.45) is 11.7 Å². The van der Waals surface area contributed by atoms with Crippen molar-refractivity contribution in [3.8, 4) is 0 Å². The van der Waals surface area contributed by atoms with E-state index < -0.39 is 11.8 Å². The first-order valence-electron chi connectivity index (χ1n) is 5.42. The van der Waals surface area contributed by atoms with Crippen LogP contribution in [0.15, 0.2) is 0 Å². The molecule has 0 radical (unpaired) electrons. The molecule has 1 heterocycles. The lowest BCUT2D eigenvalue weighted by molar-refractivity contribution is -0.146. The van der Waals surface area contributed by atoms with Gasteiger partial charge in [0.05, 0.1) is 0 Å². The lowest BCUT2D eigenvalue weighted by Crippen LogP contribution is -2.47. The minimum absolute atomic E-state index is 0.355. The number of carbonyl (C=O) groups excluding carboxylic acids is 2. The zero-order valence-corrected chi connectivity index (χ0v) is 9.16. The van der Waals surface area contributed by atoms with Gasteiger partial charge in [-0.15, -0.1) is 0 Å². The van der Waals surface area contributed by atoms with E-state index in [1.165, 1.54) is 0 Å². The monoisotopic (exact) mass is 213 g/mol. The molecular weight excluding hydrogens is 194 g/mol. The van der Waals surface area contributed by atoms with E-state index in [0.29, 0.717) is 32.1 Å². The van der Waals surface area contributed by atoms with Gasteiger partial charge in [0.15, 0.2) is 0 Å². The quantitative estimate of drug-likeness (QED) is 0.597. The molecule has 86 valence electrons. The Morgan fingerprint density at radius 3 is 2.87 bits per heavy atom. The van der Waals surface area contributed by atoms with Gasteiger partial charge in [0.25, 0.3) is 0 Å². The van der Waals surface area contributed by atoms with E-state index in [2.05, 4.69) is 12.2 Å². The van der Waals surface area contributed by atoms with Crippen LogP contribution < -0.4 is 11.1 Å². The highest BCUT2D eigenvalue weighted by Gasteiger charge is 2.25. The van der Waals surface area contributed by atoms with E-state index in [1.54, 1.807) is 4.90 Å². The molecule has 0 aromatic carbocycles. The first kappa shape index (κ1) is 12.0. The largest absolute Gasteiger partial charge is 0.347 e. The van der Waals surface area contributed by atoms with Gasteiger partial charge in [0.1, 0.15) is 0 Å². The summed E-state index contributed by atoms with van der Waals surface area (Å²) in [5.41, 5.74) is 5.24. The number of likely N-dealkylation sites (tertiary alicyclic amines) is 1. The van der Waals surface area contributed by atoms with Crippen molar-refractivity contribution in [1.29, 1.82) is 0 Å². The number of nitrogens with zero attached hydrogens (tertiary/aromatic N) is 1. The molecule has 1 unspecified atom stereocenters. The fourth-order valence-electron chi connectivity index (χ4n) is 1.78. The second kappa shape index (κ2) is 5.70. The lowest BCUT2D eigenvalue weighted by atomic mass is 10.0. The predicted octanol–water partition coefficient (Wildman–Crippen LogP) is -0.680. The highest BCUT2D eigenvalue weighted by molar-refractivity contribution is 6.35. The second-order valence-electron chi connectivity index (χ2n) is 4.04. The van der Waals surface area contributed by atoms with Gasteiger partial charge in [0.2, 0.25) is 0 Å². The summed E-state index contributed by atoms with van der Waals surface area (Å²) in [6.07, 6.45) is 2.12. The molecule has 2 amide bonds. The summed E-state index contributed by atoms with van der Waals surface area (Å²) in [6.45, 7) is 4.19. The number of hydrogen-bond donors (Lipinski definition) is 2. The normalized spacial score (nSPS) is 21.2. The molecule has 3 N–H and O–H groups in total. The van der Waals surface area contributed by atoms with Crippen LogP contribution in [-0.2, 0) is 9.59 Å². The molecule has 1 saturated heterocycles. The molecule has 1 aliphatic rings. The van der Waals surface area contributed by atoms with E-state index in [9.17, 15) is 9.59 Å². The molecular formula is C10H19N3O2. The van der Waals surface area contributed by atoms with Crippen molar-refractivity contribution >= 4 is 11.8 Å². The molecule has 1 fully saturated rings. The summed E-state index contributed by atoms with van der Waals surface area (Å²) in [5, 5.41) is 2.49. The minimum Gasteiger partial charge on any atom is -0.347 e. The number of nitrogens with two attached hydrogens (primary N) is 1. The standard InChI is InChI=1S/C10H19N3O2/c1-8-3-2-6-13(7-8)10(15)9(14)12-5-4-11/h8H,2-7,11H2,1H3,(H,12,14). The van der Waals surface area contributed by atoms with Crippen LogP contribution in [0.3, 0.4) is 0 Å². The highest BCUT2D eigenvalue weighted by atomic mass is 16.2. The third-order valence-electron chi connectivity index (χ3n) is 2.57. The average Bonchev–Trinajstić information content (AvgIpc) is 2.24. The smallest absolute Gasteiger partial charge is 0.311 e. The van der Waals surface area contributed by atoms with E-state index in [1.807, 2.05) is 0 Å². The van der Waals surface area contributed by atoms with Crippen molar-refractivity contribution in [2.45, 2.75) is 19.8 Å². The van der Waals surface area contributed by atoms with E-state index in [-0.39, 0.29) is 0 Å². The number of piperidine rings is 1. The van der Waals surface area contributed by atoms with Crippen LogP contribution >= 0.6 is 0 Å². The molecule has 0 aromatic heterocycles. The summed E-state index contributed by atoms with van der Waals surface area (Å²) < 4.78 is 0. The zero-order chi connectivity index (χ0) is 11.3. The molecule has 0 spiro atoms. The Labute approximate surface area is 90.0 Å². The van der Waals surface area contributed by atoms with Crippen molar-refractivity contribution in [1.82, 2.24) is 10.2 Å². The number of nitrogens with one attached hydrogen (secondary N) is 1. The van der Waals surface area contributed by atoms with E-state index in [4.69, 9.17) is 5.73 Å². The molecule has 0 bridgehead atoms. The van der Waals surface area contributed by atoms with Gasteiger partial charge in [-0.05, 0) is 18.8 Å². The molecule has 1 aliphatic heterocycles. The topological polar surface area (TPSA) is 75.4 Å². The Hall–Kier alpha value is -1.10. The summed E-state index contributed by atoms with van der Waals surface area (Å²) in [6, 6.07) is 0. The van der Waals surface area contributed by atoms with Gasteiger partial charge in [-0.2, -0.15) is 0 Å². The van der Waals surface area contributed by atoms with E-state index in [0.717, 1.165) is 12.8 Å². The van der Waals surface area contributed by atoms with Crippen molar-refractivity contribution in [2.75, 3.05) is 26.2 Å². The maximum absolute atomic E-state index is 11.6. The Morgan fingerprint density at radius 1 is 1.53 bits per heavy atom. The summed E-state index contributed by atoms with van der Waals surface area (Å²) in [5.74, 6) is -0.463. The van der Waals surface area contributed by atoms with Crippen LogP contribution in [-0.4, -0.2) is 42.9 Å². The maximum Gasteiger partial charge on any atom is 0.311 e. The van der Waals surface area contributed by atoms with Gasteiger partial charge >= 0.3 is 11.8 Å². The molecule has 1 atom stereocenters. The maximum atomic E-state index is 11.6. The van der Waals surface area contributed by atoms with Crippen LogP contribution in [0.5, 0.6) is 0 Å². The summed E-state index contributed by atoms with van der Waals surface area (Å²) >= 11 is 0. The van der Waals surface area contributed by atoms with Crippen LogP contribution in [0.25, 0.3) is 0 Å². The van der Waals surface area contributed by atoms with Gasteiger partial charge < -0.3 is 16.0 Å². The number of hydrogen-bond acceptors (Lipinski definition) is 3. The second-order valence-corrected chi connectivity index (χ2v) is 4.04. The molecule has 5 heteroatoms. The van der Waals surface area contributed by atoms with Gasteiger partial charge in [-0.25, -0.2) is 0 Å². The van der Waals surface area contributed by atoms with Gasteiger partial charge in [0, 0.05) is 26.2 Å². The molecule has 1 rings (SSSR count). The Kier molecular flexibility index (Phi) is 4.55. The Bertz CT molecular complexity index is 243. The third-order valence-corrected chi connectivity index (χ3v) is 2.57. The first-order valence-corrected chi connectivity index (χ1v) is 5.42. The Morgan fingerprint density at radius 2 is 2.27 bits per heavy atom. The SMILES string of the molecule is CC1CCCN(C(=O)C(=O)NCCN)C1. The Balaban J connectivity index is 2.41. The number of amides is 2. The molecule has 0 aromatic rings. The van der Waals surface area contributed by atoms with Gasteiger partial charge in [-0.3, -0.25) is 9.59 Å². The fraction of sp³-hybridized carbons (Fsp3) is 0.800. The molecule has 0 aliphatic carbocycles. The number of carbonyl (C=O) groups is 2. The zero-order valence-electron chi connectivity index (χ0n) is 9.16.